The van der Waals surface area contributed by atoms with Crippen molar-refractivity contribution < 1.29 is 0 Å². The van der Waals surface area contributed by atoms with Gasteiger partial charge in [0.2, 0.25) is 0 Å². The summed E-state index contributed by atoms with van der Waals surface area (Å²) in [5, 5.41) is 0. The number of nitrogens with one attached hydrogen (secondary N) is 1. The van der Waals surface area contributed by atoms with Gasteiger partial charge in [-0.2, -0.15) is 0 Å². The predicted molar refractivity (Wildman–Crippen MR) is 80.4 cm³/mol. The minimum Gasteiger partial charge on any atom is -0.339 e. The maximum atomic E-state index is 12.6. The molecule has 1 N–H and O–H groups in total. The van der Waals surface area contributed by atoms with Crippen LogP contribution < -0.4 is 11.2 Å². The first-order valence-corrected chi connectivity index (χ1v) is 6.93. The summed E-state index contributed by atoms with van der Waals surface area (Å²) in [7, 11) is 0. The molecule has 3 rings (SSSR count). The Kier molecular flexibility index (Phi) is 3.43. The molecular formula is C15H16N4O2. The van der Waals surface area contributed by atoms with Gasteiger partial charge in [-0.3, -0.25) is 13.9 Å². The molecule has 0 spiro atoms. The number of H-pyrrole nitrogens is 1. The van der Waals surface area contributed by atoms with Crippen LogP contribution in [0.15, 0.2) is 46.2 Å². The number of hydrogen-bond acceptors (Lipinski definition) is 3. The smallest absolute Gasteiger partial charge is 0.333 e. The number of imidazole rings is 1. The fourth-order valence-electron chi connectivity index (χ4n) is 2.44. The monoisotopic (exact) mass is 284 g/mol. The van der Waals surface area contributed by atoms with Gasteiger partial charge in [0.15, 0.2) is 5.65 Å². The first-order chi connectivity index (χ1) is 10.2. The van der Waals surface area contributed by atoms with E-state index in [-0.39, 0.29) is 17.8 Å². The Balaban J connectivity index is 2.22. The van der Waals surface area contributed by atoms with Crippen LogP contribution in [0.4, 0.5) is 0 Å². The molecule has 0 radical (unpaired) electrons. The highest BCUT2D eigenvalue weighted by atomic mass is 16.2. The molecule has 6 heteroatoms. The number of fused-ring (bicyclic) bond motifs is 1. The lowest BCUT2D eigenvalue weighted by Crippen LogP contribution is -2.40. The van der Waals surface area contributed by atoms with E-state index < -0.39 is 0 Å². The maximum absolute atomic E-state index is 12.6. The van der Waals surface area contributed by atoms with Gasteiger partial charge >= 0.3 is 5.69 Å². The van der Waals surface area contributed by atoms with Crippen molar-refractivity contribution in [3.05, 3.63) is 63.1 Å². The topological polar surface area (TPSA) is 72.7 Å². The molecule has 108 valence electrons. The molecule has 0 saturated heterocycles. The standard InChI is InChI=1S/C15H16N4O2/c1-2-8-18-13-12(16-10-17-13)14(20)19(15(18)21)9-11-6-4-3-5-7-11/h3-7,10H,2,8-9H2,1H3,(H,16,17). The summed E-state index contributed by atoms with van der Waals surface area (Å²) in [6.45, 7) is 2.78. The van der Waals surface area contributed by atoms with Crippen LogP contribution in [0.1, 0.15) is 18.9 Å². The fraction of sp³-hybridized carbons (Fsp3) is 0.267. The quantitative estimate of drug-likeness (QED) is 0.786. The van der Waals surface area contributed by atoms with E-state index in [2.05, 4.69) is 9.97 Å². The molecule has 0 aliphatic rings. The van der Waals surface area contributed by atoms with Gasteiger partial charge in [-0.1, -0.05) is 37.3 Å². The van der Waals surface area contributed by atoms with Crippen molar-refractivity contribution >= 4 is 11.2 Å². The van der Waals surface area contributed by atoms with E-state index in [9.17, 15) is 9.59 Å². The summed E-state index contributed by atoms with van der Waals surface area (Å²) in [5.74, 6) is 0. The van der Waals surface area contributed by atoms with E-state index in [1.54, 1.807) is 4.57 Å². The Morgan fingerprint density at radius 3 is 2.62 bits per heavy atom. The first-order valence-electron chi connectivity index (χ1n) is 6.93. The molecule has 0 amide bonds. The van der Waals surface area contributed by atoms with Crippen LogP contribution in [0, 0.1) is 0 Å². The normalized spacial score (nSPS) is 11.1. The third-order valence-electron chi connectivity index (χ3n) is 3.43. The number of rotatable bonds is 4. The first kappa shape index (κ1) is 13.4. The molecule has 1 aromatic carbocycles. The number of aromatic nitrogens is 4. The van der Waals surface area contributed by atoms with Crippen LogP contribution in [-0.4, -0.2) is 19.1 Å². The largest absolute Gasteiger partial charge is 0.339 e. The second-order valence-corrected chi connectivity index (χ2v) is 4.91. The SMILES string of the molecule is CCCn1c(=O)n(Cc2ccccc2)c(=O)c2[nH]cnc21. The molecule has 0 fully saturated rings. The van der Waals surface area contributed by atoms with Crippen molar-refractivity contribution in [3.63, 3.8) is 0 Å². The highest BCUT2D eigenvalue weighted by Crippen LogP contribution is 2.04. The van der Waals surface area contributed by atoms with Crippen LogP contribution >= 0.6 is 0 Å². The average Bonchev–Trinajstić information content (AvgIpc) is 2.98. The fourth-order valence-corrected chi connectivity index (χ4v) is 2.44. The van der Waals surface area contributed by atoms with Gasteiger partial charge in [0.25, 0.3) is 5.56 Å². The molecule has 0 bridgehead atoms. The molecule has 0 atom stereocenters. The molecule has 21 heavy (non-hydrogen) atoms. The number of aromatic amines is 1. The Bertz CT molecular complexity index is 874. The van der Waals surface area contributed by atoms with E-state index in [0.717, 1.165) is 12.0 Å². The van der Waals surface area contributed by atoms with Gasteiger partial charge in [-0.25, -0.2) is 9.78 Å². The van der Waals surface area contributed by atoms with Crippen LogP contribution in [0.3, 0.4) is 0 Å². The lowest BCUT2D eigenvalue weighted by atomic mass is 10.2. The summed E-state index contributed by atoms with van der Waals surface area (Å²) in [6, 6.07) is 9.47. The van der Waals surface area contributed by atoms with Crippen molar-refractivity contribution in [1.82, 2.24) is 19.1 Å². The average molecular weight is 284 g/mol. The van der Waals surface area contributed by atoms with Gasteiger partial charge in [0.1, 0.15) is 5.52 Å². The van der Waals surface area contributed by atoms with Crippen molar-refractivity contribution in [2.45, 2.75) is 26.4 Å². The highest BCUT2D eigenvalue weighted by Gasteiger charge is 2.14. The second-order valence-electron chi connectivity index (χ2n) is 4.91. The third kappa shape index (κ3) is 2.29. The Morgan fingerprint density at radius 2 is 1.90 bits per heavy atom. The number of benzene rings is 1. The van der Waals surface area contributed by atoms with E-state index in [1.165, 1.54) is 10.9 Å². The maximum Gasteiger partial charge on any atom is 0.333 e. The van der Waals surface area contributed by atoms with Crippen molar-refractivity contribution in [2.75, 3.05) is 0 Å². The second kappa shape index (κ2) is 5.40. The van der Waals surface area contributed by atoms with Gasteiger partial charge in [0.05, 0.1) is 12.9 Å². The van der Waals surface area contributed by atoms with Crippen LogP contribution in [0.5, 0.6) is 0 Å². The zero-order valence-electron chi connectivity index (χ0n) is 11.7. The predicted octanol–water partition coefficient (Wildman–Crippen LogP) is 1.34. The number of aryl methyl sites for hydroxylation is 1. The number of nitrogens with zero attached hydrogens (tertiary/aromatic N) is 3. The minimum atomic E-state index is -0.330. The molecular weight excluding hydrogens is 268 g/mol. The van der Waals surface area contributed by atoms with E-state index in [4.69, 9.17) is 0 Å². The summed E-state index contributed by atoms with van der Waals surface area (Å²) in [6.07, 6.45) is 2.25. The van der Waals surface area contributed by atoms with Crippen LogP contribution in [0.2, 0.25) is 0 Å². The molecule has 0 aliphatic heterocycles. The summed E-state index contributed by atoms with van der Waals surface area (Å²) in [4.78, 5) is 32.0. The molecule has 6 nitrogen and oxygen atoms in total. The third-order valence-corrected chi connectivity index (χ3v) is 3.43. The summed E-state index contributed by atoms with van der Waals surface area (Å²) >= 11 is 0. The molecule has 0 unspecified atom stereocenters. The number of hydrogen-bond donors (Lipinski definition) is 1. The lowest BCUT2D eigenvalue weighted by Gasteiger charge is -2.10. The van der Waals surface area contributed by atoms with E-state index in [0.29, 0.717) is 17.7 Å². The van der Waals surface area contributed by atoms with Gasteiger partial charge in [-0.15, -0.1) is 0 Å². The zero-order chi connectivity index (χ0) is 14.8. The molecule has 0 saturated carbocycles. The lowest BCUT2D eigenvalue weighted by molar-refractivity contribution is 0.589. The molecule has 2 aromatic heterocycles. The Morgan fingerprint density at radius 1 is 1.14 bits per heavy atom. The summed E-state index contributed by atoms with van der Waals surface area (Å²) in [5.41, 5.74) is 1.07. The minimum absolute atomic E-state index is 0.261. The van der Waals surface area contributed by atoms with Crippen LogP contribution in [0.25, 0.3) is 11.2 Å². The Labute approximate surface area is 120 Å². The van der Waals surface area contributed by atoms with Crippen LogP contribution in [-0.2, 0) is 13.1 Å². The van der Waals surface area contributed by atoms with Gasteiger partial charge < -0.3 is 4.98 Å². The van der Waals surface area contributed by atoms with Crippen molar-refractivity contribution in [1.29, 1.82) is 0 Å². The van der Waals surface area contributed by atoms with Gasteiger partial charge in [-0.05, 0) is 12.0 Å². The molecule has 2 heterocycles. The molecule has 0 aliphatic carbocycles. The van der Waals surface area contributed by atoms with E-state index in [1.807, 2.05) is 37.3 Å². The Hall–Kier alpha value is -2.63. The van der Waals surface area contributed by atoms with Crippen molar-refractivity contribution in [2.24, 2.45) is 0 Å². The van der Waals surface area contributed by atoms with E-state index >= 15 is 0 Å². The zero-order valence-corrected chi connectivity index (χ0v) is 11.7. The highest BCUT2D eigenvalue weighted by molar-refractivity contribution is 5.68. The summed E-state index contributed by atoms with van der Waals surface area (Å²) < 4.78 is 2.81. The van der Waals surface area contributed by atoms with Crippen molar-refractivity contribution in [3.8, 4) is 0 Å². The van der Waals surface area contributed by atoms with Gasteiger partial charge in [0, 0.05) is 6.54 Å². The molecule has 3 aromatic rings.